The average Bonchev–Trinajstić information content (AvgIpc) is 3.30. The molecule has 1 aliphatic rings. The fourth-order valence-electron chi connectivity index (χ4n) is 2.09. The summed E-state index contributed by atoms with van der Waals surface area (Å²) < 4.78 is 32.8. The van der Waals surface area contributed by atoms with Crippen molar-refractivity contribution >= 4 is 0 Å². The molecule has 0 amide bonds. The first kappa shape index (κ1) is 14.0. The second kappa shape index (κ2) is 6.22. The van der Waals surface area contributed by atoms with Crippen LogP contribution in [0.4, 0.5) is 8.78 Å². The smallest absolute Gasteiger partial charge is 0.165 e. The van der Waals surface area contributed by atoms with E-state index in [1.165, 1.54) is 25.0 Å². The van der Waals surface area contributed by atoms with E-state index in [-0.39, 0.29) is 18.2 Å². The zero-order valence-electron chi connectivity index (χ0n) is 11.6. The molecular weight excluding hydrogens is 272 g/mol. The molecule has 1 saturated carbocycles. The normalized spacial score (nSPS) is 14.2. The first-order chi connectivity index (χ1) is 10.2. The van der Waals surface area contributed by atoms with Crippen LogP contribution in [0.2, 0.25) is 0 Å². The van der Waals surface area contributed by atoms with Crippen molar-refractivity contribution in [3.8, 4) is 5.75 Å². The van der Waals surface area contributed by atoms with E-state index in [9.17, 15) is 8.78 Å². The summed E-state index contributed by atoms with van der Waals surface area (Å²) >= 11 is 0. The Balaban J connectivity index is 1.61. The summed E-state index contributed by atoms with van der Waals surface area (Å²) in [5.41, 5.74) is 1.30. The third-order valence-electron chi connectivity index (χ3n) is 3.51. The predicted octanol–water partition coefficient (Wildman–Crippen LogP) is 3.80. The van der Waals surface area contributed by atoms with Crippen molar-refractivity contribution < 1.29 is 13.5 Å². The monoisotopic (exact) mass is 289 g/mol. The van der Waals surface area contributed by atoms with Gasteiger partial charge in [0.25, 0.3) is 0 Å². The van der Waals surface area contributed by atoms with Crippen molar-refractivity contribution in [3.05, 3.63) is 65.2 Å². The maximum absolute atomic E-state index is 13.9. The standard InChI is InChI=1S/C17H17F2NO/c18-15-4-2-1-3-13(15)11-21-17-8-5-12(9-16(17)19)10-20-14-6-7-14/h1-5,8-9,14,20H,6-7,10-11H2. The molecule has 110 valence electrons. The van der Waals surface area contributed by atoms with Gasteiger partial charge in [-0.05, 0) is 36.6 Å². The van der Waals surface area contributed by atoms with E-state index in [2.05, 4.69) is 5.32 Å². The quantitative estimate of drug-likeness (QED) is 0.873. The highest BCUT2D eigenvalue weighted by molar-refractivity contribution is 5.30. The molecule has 0 aliphatic heterocycles. The summed E-state index contributed by atoms with van der Waals surface area (Å²) in [5.74, 6) is -0.613. The van der Waals surface area contributed by atoms with Crippen molar-refractivity contribution in [1.82, 2.24) is 5.32 Å². The van der Waals surface area contributed by atoms with Crippen molar-refractivity contribution in [2.45, 2.75) is 32.0 Å². The molecule has 0 radical (unpaired) electrons. The van der Waals surface area contributed by atoms with Gasteiger partial charge in [0.2, 0.25) is 0 Å². The van der Waals surface area contributed by atoms with E-state index in [0.29, 0.717) is 18.2 Å². The lowest BCUT2D eigenvalue weighted by atomic mass is 10.2. The average molecular weight is 289 g/mol. The molecule has 0 bridgehead atoms. The van der Waals surface area contributed by atoms with E-state index in [0.717, 1.165) is 5.56 Å². The summed E-state index contributed by atoms with van der Waals surface area (Å²) in [4.78, 5) is 0. The number of nitrogens with one attached hydrogen (secondary N) is 1. The van der Waals surface area contributed by atoms with Gasteiger partial charge < -0.3 is 10.1 Å². The Morgan fingerprint density at radius 3 is 2.57 bits per heavy atom. The van der Waals surface area contributed by atoms with Crippen LogP contribution in [-0.4, -0.2) is 6.04 Å². The van der Waals surface area contributed by atoms with E-state index >= 15 is 0 Å². The molecule has 21 heavy (non-hydrogen) atoms. The van der Waals surface area contributed by atoms with Gasteiger partial charge in [-0.15, -0.1) is 0 Å². The lowest BCUT2D eigenvalue weighted by molar-refractivity contribution is 0.284. The highest BCUT2D eigenvalue weighted by Gasteiger charge is 2.20. The zero-order chi connectivity index (χ0) is 14.7. The number of hydrogen-bond donors (Lipinski definition) is 1. The van der Waals surface area contributed by atoms with Crippen LogP contribution in [0.5, 0.6) is 5.75 Å². The van der Waals surface area contributed by atoms with Crippen LogP contribution < -0.4 is 10.1 Å². The number of halogens is 2. The molecule has 1 N–H and O–H groups in total. The molecule has 0 saturated heterocycles. The molecule has 4 heteroatoms. The van der Waals surface area contributed by atoms with Crippen LogP contribution in [0, 0.1) is 11.6 Å². The molecule has 3 rings (SSSR count). The van der Waals surface area contributed by atoms with Crippen LogP contribution in [0.15, 0.2) is 42.5 Å². The minimum atomic E-state index is -0.415. The third-order valence-corrected chi connectivity index (χ3v) is 3.51. The highest BCUT2D eigenvalue weighted by Crippen LogP contribution is 2.22. The summed E-state index contributed by atoms with van der Waals surface area (Å²) in [6.07, 6.45) is 2.40. The number of benzene rings is 2. The Bertz CT molecular complexity index is 626. The molecular formula is C17H17F2NO. The molecule has 0 atom stereocenters. The van der Waals surface area contributed by atoms with E-state index in [1.807, 2.05) is 6.07 Å². The summed E-state index contributed by atoms with van der Waals surface area (Å²) in [6, 6.07) is 11.8. The molecule has 0 unspecified atom stereocenters. The Morgan fingerprint density at radius 1 is 1.05 bits per heavy atom. The zero-order valence-corrected chi connectivity index (χ0v) is 11.6. The Hall–Kier alpha value is -1.94. The first-order valence-corrected chi connectivity index (χ1v) is 7.10. The van der Waals surface area contributed by atoms with Gasteiger partial charge in [-0.25, -0.2) is 8.78 Å². The molecule has 2 nitrogen and oxygen atoms in total. The van der Waals surface area contributed by atoms with E-state index < -0.39 is 5.82 Å². The van der Waals surface area contributed by atoms with Crippen molar-refractivity contribution in [2.24, 2.45) is 0 Å². The van der Waals surface area contributed by atoms with Gasteiger partial charge >= 0.3 is 0 Å². The van der Waals surface area contributed by atoms with Crippen molar-refractivity contribution in [3.63, 3.8) is 0 Å². The Labute approximate surface area is 122 Å². The van der Waals surface area contributed by atoms with Gasteiger partial charge in [0.05, 0.1) is 0 Å². The van der Waals surface area contributed by atoms with Crippen molar-refractivity contribution in [2.75, 3.05) is 0 Å². The Kier molecular flexibility index (Phi) is 4.15. The lowest BCUT2D eigenvalue weighted by Crippen LogP contribution is -2.15. The van der Waals surface area contributed by atoms with Crippen LogP contribution in [0.1, 0.15) is 24.0 Å². The SMILES string of the molecule is Fc1ccccc1COc1ccc(CNC2CC2)cc1F. The number of ether oxygens (including phenoxy) is 1. The van der Waals surface area contributed by atoms with Gasteiger partial charge in [-0.2, -0.15) is 0 Å². The molecule has 0 spiro atoms. The third kappa shape index (κ3) is 3.79. The maximum Gasteiger partial charge on any atom is 0.165 e. The van der Waals surface area contributed by atoms with Gasteiger partial charge in [-0.1, -0.05) is 24.3 Å². The predicted molar refractivity (Wildman–Crippen MR) is 77.0 cm³/mol. The maximum atomic E-state index is 13.9. The topological polar surface area (TPSA) is 21.3 Å². The molecule has 0 heterocycles. The molecule has 1 fully saturated rings. The molecule has 2 aromatic rings. The summed E-state index contributed by atoms with van der Waals surface area (Å²) in [7, 11) is 0. The lowest BCUT2D eigenvalue weighted by Gasteiger charge is -2.10. The van der Waals surface area contributed by atoms with E-state index in [4.69, 9.17) is 4.74 Å². The number of rotatable bonds is 6. The largest absolute Gasteiger partial charge is 0.486 e. The fourth-order valence-corrected chi connectivity index (χ4v) is 2.09. The first-order valence-electron chi connectivity index (χ1n) is 7.10. The number of hydrogen-bond acceptors (Lipinski definition) is 2. The molecule has 1 aliphatic carbocycles. The van der Waals surface area contributed by atoms with Crippen LogP contribution in [0.25, 0.3) is 0 Å². The van der Waals surface area contributed by atoms with Crippen LogP contribution >= 0.6 is 0 Å². The minimum absolute atomic E-state index is 0.0171. The van der Waals surface area contributed by atoms with Crippen LogP contribution in [0.3, 0.4) is 0 Å². The second-order valence-electron chi connectivity index (χ2n) is 5.30. The van der Waals surface area contributed by atoms with E-state index in [1.54, 1.807) is 24.3 Å². The van der Waals surface area contributed by atoms with Crippen molar-refractivity contribution in [1.29, 1.82) is 0 Å². The summed E-state index contributed by atoms with van der Waals surface area (Å²) in [5, 5.41) is 3.33. The van der Waals surface area contributed by atoms with Gasteiger partial charge in [0.15, 0.2) is 11.6 Å². The van der Waals surface area contributed by atoms with Gasteiger partial charge in [-0.3, -0.25) is 0 Å². The Morgan fingerprint density at radius 2 is 1.86 bits per heavy atom. The highest BCUT2D eigenvalue weighted by atomic mass is 19.1. The summed E-state index contributed by atoms with van der Waals surface area (Å²) in [6.45, 7) is 0.679. The van der Waals surface area contributed by atoms with Gasteiger partial charge in [0, 0.05) is 18.2 Å². The van der Waals surface area contributed by atoms with Crippen LogP contribution in [-0.2, 0) is 13.2 Å². The van der Waals surface area contributed by atoms with Gasteiger partial charge in [0.1, 0.15) is 12.4 Å². The molecule has 2 aromatic carbocycles. The fraction of sp³-hybridized carbons (Fsp3) is 0.294. The molecule has 0 aromatic heterocycles. The second-order valence-corrected chi connectivity index (χ2v) is 5.30. The minimum Gasteiger partial charge on any atom is -0.486 e.